The molecule has 0 unspecified atom stereocenters. The standard InChI is InChI=1S/C15H21NO/c1-15(2,3)17-14-10-8-13(9-11-14)7-5-4-6-12-16/h8-11H,4-7H2,1-3H3. The van der Waals surface area contributed by atoms with E-state index in [1.807, 2.05) is 32.9 Å². The highest BCUT2D eigenvalue weighted by Gasteiger charge is 2.11. The zero-order chi connectivity index (χ0) is 12.7. The molecule has 1 aromatic carbocycles. The smallest absolute Gasteiger partial charge is 0.120 e. The van der Waals surface area contributed by atoms with Gasteiger partial charge in [-0.05, 0) is 57.7 Å². The highest BCUT2D eigenvalue weighted by molar-refractivity contribution is 5.27. The summed E-state index contributed by atoms with van der Waals surface area (Å²) in [7, 11) is 0. The van der Waals surface area contributed by atoms with Crippen LogP contribution in [0.2, 0.25) is 0 Å². The predicted molar refractivity (Wildman–Crippen MR) is 70.0 cm³/mol. The molecule has 0 fully saturated rings. The highest BCUT2D eigenvalue weighted by Crippen LogP contribution is 2.19. The monoisotopic (exact) mass is 231 g/mol. The Kier molecular flexibility index (Phi) is 5.03. The number of nitriles is 1. The van der Waals surface area contributed by atoms with Crippen LogP contribution in [0.25, 0.3) is 0 Å². The van der Waals surface area contributed by atoms with Crippen LogP contribution in [0.3, 0.4) is 0 Å². The van der Waals surface area contributed by atoms with E-state index in [9.17, 15) is 0 Å². The van der Waals surface area contributed by atoms with Crippen LogP contribution in [0.4, 0.5) is 0 Å². The van der Waals surface area contributed by atoms with E-state index >= 15 is 0 Å². The molecule has 0 saturated carbocycles. The van der Waals surface area contributed by atoms with Crippen molar-refractivity contribution in [3.8, 4) is 11.8 Å². The van der Waals surface area contributed by atoms with Gasteiger partial charge in [-0.2, -0.15) is 5.26 Å². The van der Waals surface area contributed by atoms with Gasteiger partial charge in [-0.1, -0.05) is 12.1 Å². The Morgan fingerprint density at radius 3 is 2.29 bits per heavy atom. The molecule has 0 radical (unpaired) electrons. The van der Waals surface area contributed by atoms with Crippen LogP contribution in [0.1, 0.15) is 45.6 Å². The molecule has 0 amide bonds. The summed E-state index contributed by atoms with van der Waals surface area (Å²) in [4.78, 5) is 0. The van der Waals surface area contributed by atoms with Crippen LogP contribution in [0, 0.1) is 11.3 Å². The zero-order valence-electron chi connectivity index (χ0n) is 11.0. The molecule has 0 bridgehead atoms. The van der Waals surface area contributed by atoms with Gasteiger partial charge in [0.15, 0.2) is 0 Å². The van der Waals surface area contributed by atoms with Crippen LogP contribution in [-0.2, 0) is 6.42 Å². The maximum atomic E-state index is 8.44. The number of benzene rings is 1. The van der Waals surface area contributed by atoms with E-state index in [1.165, 1.54) is 5.56 Å². The largest absolute Gasteiger partial charge is 0.488 e. The van der Waals surface area contributed by atoms with Crippen molar-refractivity contribution in [1.29, 1.82) is 5.26 Å². The van der Waals surface area contributed by atoms with Gasteiger partial charge >= 0.3 is 0 Å². The van der Waals surface area contributed by atoms with Crippen LogP contribution >= 0.6 is 0 Å². The van der Waals surface area contributed by atoms with Crippen molar-refractivity contribution in [3.05, 3.63) is 29.8 Å². The number of hydrogen-bond acceptors (Lipinski definition) is 2. The van der Waals surface area contributed by atoms with Crippen molar-refractivity contribution in [2.75, 3.05) is 0 Å². The molecule has 0 aromatic heterocycles. The van der Waals surface area contributed by atoms with E-state index < -0.39 is 0 Å². The fourth-order valence-corrected chi connectivity index (χ4v) is 1.61. The Hall–Kier alpha value is -1.49. The molecular weight excluding hydrogens is 210 g/mol. The first-order chi connectivity index (χ1) is 8.01. The molecule has 0 aliphatic rings. The number of aryl methyl sites for hydroxylation is 1. The van der Waals surface area contributed by atoms with Crippen molar-refractivity contribution in [1.82, 2.24) is 0 Å². The Morgan fingerprint density at radius 1 is 1.12 bits per heavy atom. The molecule has 0 N–H and O–H groups in total. The van der Waals surface area contributed by atoms with Crippen molar-refractivity contribution in [2.45, 2.75) is 52.1 Å². The van der Waals surface area contributed by atoms with Crippen LogP contribution in [-0.4, -0.2) is 5.60 Å². The number of ether oxygens (including phenoxy) is 1. The number of unbranched alkanes of at least 4 members (excludes halogenated alkanes) is 2. The number of nitrogens with zero attached hydrogens (tertiary/aromatic N) is 1. The van der Waals surface area contributed by atoms with Gasteiger partial charge in [-0.3, -0.25) is 0 Å². The molecule has 2 heteroatoms. The molecule has 0 aliphatic heterocycles. The summed E-state index contributed by atoms with van der Waals surface area (Å²) in [6.07, 6.45) is 3.76. The van der Waals surface area contributed by atoms with Crippen molar-refractivity contribution in [2.24, 2.45) is 0 Å². The molecule has 2 nitrogen and oxygen atoms in total. The average Bonchev–Trinajstić information content (AvgIpc) is 2.25. The molecular formula is C15H21NO. The maximum absolute atomic E-state index is 8.44. The SMILES string of the molecule is CC(C)(C)Oc1ccc(CCCCC#N)cc1. The molecule has 17 heavy (non-hydrogen) atoms. The first kappa shape index (κ1) is 13.6. The second kappa shape index (κ2) is 6.30. The lowest BCUT2D eigenvalue weighted by Gasteiger charge is -2.21. The van der Waals surface area contributed by atoms with Gasteiger partial charge in [-0.15, -0.1) is 0 Å². The van der Waals surface area contributed by atoms with E-state index in [2.05, 4.69) is 18.2 Å². The highest BCUT2D eigenvalue weighted by atomic mass is 16.5. The Labute approximate surface area is 104 Å². The van der Waals surface area contributed by atoms with Gasteiger partial charge in [0.05, 0.1) is 6.07 Å². The van der Waals surface area contributed by atoms with Crippen LogP contribution in [0.15, 0.2) is 24.3 Å². The molecule has 92 valence electrons. The van der Waals surface area contributed by atoms with E-state index in [-0.39, 0.29) is 5.60 Å². The molecule has 0 heterocycles. The fraction of sp³-hybridized carbons (Fsp3) is 0.533. The first-order valence-electron chi connectivity index (χ1n) is 6.16. The summed E-state index contributed by atoms with van der Waals surface area (Å²) in [5, 5.41) is 8.44. The minimum Gasteiger partial charge on any atom is -0.488 e. The summed E-state index contributed by atoms with van der Waals surface area (Å²) in [6.45, 7) is 6.13. The predicted octanol–water partition coefficient (Wildman–Crippen LogP) is 4.10. The Morgan fingerprint density at radius 2 is 1.76 bits per heavy atom. The minimum atomic E-state index is -0.145. The second-order valence-corrected chi connectivity index (χ2v) is 5.22. The molecule has 0 spiro atoms. The lowest BCUT2D eigenvalue weighted by molar-refractivity contribution is 0.131. The summed E-state index contributed by atoms with van der Waals surface area (Å²) < 4.78 is 5.76. The Balaban J connectivity index is 2.43. The van der Waals surface area contributed by atoms with Gasteiger partial charge in [0.1, 0.15) is 11.4 Å². The molecule has 1 aromatic rings. The molecule has 0 aliphatic carbocycles. The molecule has 0 saturated heterocycles. The quantitative estimate of drug-likeness (QED) is 0.715. The van der Waals surface area contributed by atoms with Crippen molar-refractivity contribution >= 4 is 0 Å². The van der Waals surface area contributed by atoms with Gasteiger partial charge in [0.25, 0.3) is 0 Å². The number of rotatable bonds is 5. The third-order valence-corrected chi connectivity index (χ3v) is 2.35. The second-order valence-electron chi connectivity index (χ2n) is 5.22. The summed E-state index contributed by atoms with van der Waals surface area (Å²) >= 11 is 0. The average molecular weight is 231 g/mol. The summed E-state index contributed by atoms with van der Waals surface area (Å²) in [5.41, 5.74) is 1.16. The lowest BCUT2D eigenvalue weighted by atomic mass is 10.1. The van der Waals surface area contributed by atoms with E-state index in [0.717, 1.165) is 25.0 Å². The topological polar surface area (TPSA) is 33.0 Å². The maximum Gasteiger partial charge on any atom is 0.120 e. The number of hydrogen-bond donors (Lipinski definition) is 0. The fourth-order valence-electron chi connectivity index (χ4n) is 1.61. The van der Waals surface area contributed by atoms with E-state index in [0.29, 0.717) is 6.42 Å². The molecule has 0 atom stereocenters. The van der Waals surface area contributed by atoms with Crippen molar-refractivity contribution in [3.63, 3.8) is 0 Å². The summed E-state index contributed by atoms with van der Waals surface area (Å²) in [5.74, 6) is 0.915. The van der Waals surface area contributed by atoms with E-state index in [4.69, 9.17) is 10.00 Å². The van der Waals surface area contributed by atoms with E-state index in [1.54, 1.807) is 0 Å². The lowest BCUT2D eigenvalue weighted by Crippen LogP contribution is -2.22. The van der Waals surface area contributed by atoms with Gasteiger partial charge in [0.2, 0.25) is 0 Å². The Bertz CT molecular complexity index is 367. The van der Waals surface area contributed by atoms with Crippen LogP contribution in [0.5, 0.6) is 5.75 Å². The molecule has 1 rings (SSSR count). The van der Waals surface area contributed by atoms with Crippen LogP contribution < -0.4 is 4.74 Å². The van der Waals surface area contributed by atoms with Gasteiger partial charge in [0, 0.05) is 6.42 Å². The summed E-state index contributed by atoms with van der Waals surface area (Å²) in [6, 6.07) is 10.4. The van der Waals surface area contributed by atoms with Gasteiger partial charge in [-0.25, -0.2) is 0 Å². The third kappa shape index (κ3) is 5.97. The first-order valence-corrected chi connectivity index (χ1v) is 6.16. The van der Waals surface area contributed by atoms with Crippen molar-refractivity contribution < 1.29 is 4.74 Å². The zero-order valence-corrected chi connectivity index (χ0v) is 11.0. The third-order valence-electron chi connectivity index (χ3n) is 2.35. The minimum absolute atomic E-state index is 0.145. The normalized spacial score (nSPS) is 10.9. The van der Waals surface area contributed by atoms with Gasteiger partial charge < -0.3 is 4.74 Å².